The van der Waals surface area contributed by atoms with Gasteiger partial charge in [0, 0.05) is 28.2 Å². The molecule has 4 rings (SSSR count). The number of anilines is 1. The highest BCUT2D eigenvalue weighted by atomic mass is 79.9. The molecule has 1 N–H and O–H groups in total. The van der Waals surface area contributed by atoms with Gasteiger partial charge in [-0.2, -0.15) is 0 Å². The van der Waals surface area contributed by atoms with Gasteiger partial charge in [-0.3, -0.25) is 9.59 Å². The number of pyridine rings is 1. The molecule has 0 unspecified atom stereocenters. The maximum atomic E-state index is 13.8. The molecule has 3 aromatic rings. The maximum absolute atomic E-state index is 13.8. The molecular formula is C19H13BrF2N2O2. The number of carbonyl (C=O) groups is 1. The lowest BCUT2D eigenvalue weighted by Crippen LogP contribution is -2.24. The van der Waals surface area contributed by atoms with Gasteiger partial charge in [0.15, 0.2) is 0 Å². The molecule has 1 atom stereocenters. The number of hydrogen-bond donors (Lipinski definition) is 1. The lowest BCUT2D eigenvalue weighted by atomic mass is 10.1. The second-order valence-corrected chi connectivity index (χ2v) is 7.29. The molecule has 0 bridgehead atoms. The first-order chi connectivity index (χ1) is 12.3. The van der Waals surface area contributed by atoms with Crippen LogP contribution in [0.15, 0.2) is 45.8 Å². The van der Waals surface area contributed by atoms with Crippen molar-refractivity contribution in [1.82, 2.24) is 4.57 Å². The monoisotopic (exact) mass is 418 g/mol. The van der Waals surface area contributed by atoms with Crippen LogP contribution in [0, 0.1) is 11.6 Å². The van der Waals surface area contributed by atoms with Gasteiger partial charge in [-0.25, -0.2) is 8.78 Å². The number of rotatable bonds is 2. The number of amides is 1. The van der Waals surface area contributed by atoms with Crippen LogP contribution in [0.3, 0.4) is 0 Å². The molecular weight excluding hydrogens is 406 g/mol. The minimum absolute atomic E-state index is 0.0842. The average Bonchev–Trinajstić information content (AvgIpc) is 2.88. The van der Waals surface area contributed by atoms with E-state index in [0.29, 0.717) is 11.5 Å². The third kappa shape index (κ3) is 2.63. The second kappa shape index (κ2) is 6.02. The zero-order valence-corrected chi connectivity index (χ0v) is 15.2. The summed E-state index contributed by atoms with van der Waals surface area (Å²) >= 11 is 3.40. The SMILES string of the molecule is C[C@@H]1Cc2cc(Br)cc3c(=O)c(C(=O)Nc4ccc(F)cc4F)cn1c23. The maximum Gasteiger partial charge on any atom is 0.261 e. The van der Waals surface area contributed by atoms with Gasteiger partial charge in [-0.1, -0.05) is 15.9 Å². The van der Waals surface area contributed by atoms with Gasteiger partial charge in [0.25, 0.3) is 5.91 Å². The number of carbonyl (C=O) groups excluding carboxylic acids is 1. The summed E-state index contributed by atoms with van der Waals surface area (Å²) in [5.74, 6) is -2.38. The summed E-state index contributed by atoms with van der Waals surface area (Å²) in [7, 11) is 0. The minimum atomic E-state index is -0.901. The highest BCUT2D eigenvalue weighted by Gasteiger charge is 2.25. The Bertz CT molecular complexity index is 1140. The van der Waals surface area contributed by atoms with Crippen LogP contribution in [-0.2, 0) is 6.42 Å². The summed E-state index contributed by atoms with van der Waals surface area (Å²) in [5, 5.41) is 2.79. The lowest BCUT2D eigenvalue weighted by molar-refractivity contribution is 0.102. The predicted molar refractivity (Wildman–Crippen MR) is 98.6 cm³/mol. The fourth-order valence-corrected chi connectivity index (χ4v) is 3.91. The Morgan fingerprint density at radius 2 is 2.04 bits per heavy atom. The Kier molecular flexibility index (Phi) is 3.91. The number of benzene rings is 2. The summed E-state index contributed by atoms with van der Waals surface area (Å²) in [6.45, 7) is 2.00. The third-order valence-corrected chi connectivity index (χ3v) is 5.04. The second-order valence-electron chi connectivity index (χ2n) is 6.37. The van der Waals surface area contributed by atoms with E-state index < -0.39 is 23.0 Å². The van der Waals surface area contributed by atoms with Crippen molar-refractivity contribution < 1.29 is 13.6 Å². The Morgan fingerprint density at radius 3 is 2.77 bits per heavy atom. The lowest BCUT2D eigenvalue weighted by Gasteiger charge is -2.13. The number of hydrogen-bond acceptors (Lipinski definition) is 2. The van der Waals surface area contributed by atoms with Crippen molar-refractivity contribution in [1.29, 1.82) is 0 Å². The van der Waals surface area contributed by atoms with Crippen molar-refractivity contribution >= 4 is 38.4 Å². The van der Waals surface area contributed by atoms with Crippen molar-refractivity contribution in [3.05, 3.63) is 74.0 Å². The van der Waals surface area contributed by atoms with E-state index in [1.165, 1.54) is 6.20 Å². The zero-order valence-electron chi connectivity index (χ0n) is 13.6. The minimum Gasteiger partial charge on any atom is -0.343 e. The molecule has 1 amide bonds. The van der Waals surface area contributed by atoms with Gasteiger partial charge in [-0.05, 0) is 43.2 Å². The standard InChI is InChI=1S/C19H13BrF2N2O2/c1-9-4-10-5-11(20)6-13-17(10)24(9)8-14(18(13)25)19(26)23-16-3-2-12(21)7-15(16)22/h2-3,5-9H,4H2,1H3,(H,23,26)/t9-/m1/s1. The summed E-state index contributed by atoms with van der Waals surface area (Å²) in [6.07, 6.45) is 2.27. The van der Waals surface area contributed by atoms with Gasteiger partial charge in [0.1, 0.15) is 17.2 Å². The van der Waals surface area contributed by atoms with Crippen LogP contribution in [0.5, 0.6) is 0 Å². The van der Waals surface area contributed by atoms with Gasteiger partial charge >= 0.3 is 0 Å². The number of nitrogens with one attached hydrogen (secondary N) is 1. The van der Waals surface area contributed by atoms with Crippen molar-refractivity contribution in [2.45, 2.75) is 19.4 Å². The van der Waals surface area contributed by atoms with E-state index in [0.717, 1.165) is 34.1 Å². The van der Waals surface area contributed by atoms with E-state index in [4.69, 9.17) is 0 Å². The number of halogens is 3. The quantitative estimate of drug-likeness (QED) is 0.669. The molecule has 26 heavy (non-hydrogen) atoms. The Labute approximate surface area is 155 Å². The van der Waals surface area contributed by atoms with Crippen LogP contribution in [0.2, 0.25) is 0 Å². The molecule has 0 saturated carbocycles. The molecule has 2 heterocycles. The van der Waals surface area contributed by atoms with Gasteiger partial charge in [0.2, 0.25) is 5.43 Å². The van der Waals surface area contributed by atoms with Crippen LogP contribution in [0.4, 0.5) is 14.5 Å². The molecule has 1 aliphatic rings. The molecule has 0 fully saturated rings. The fraction of sp³-hybridized carbons (Fsp3) is 0.158. The van der Waals surface area contributed by atoms with Crippen molar-refractivity contribution in [3.63, 3.8) is 0 Å². The van der Waals surface area contributed by atoms with Gasteiger partial charge in [-0.15, -0.1) is 0 Å². The summed E-state index contributed by atoms with van der Waals surface area (Å²) in [5.41, 5.74) is 1.16. The van der Waals surface area contributed by atoms with E-state index in [-0.39, 0.29) is 17.3 Å². The van der Waals surface area contributed by atoms with E-state index in [2.05, 4.69) is 21.2 Å². The normalized spacial score (nSPS) is 15.5. The number of aromatic nitrogens is 1. The molecule has 0 aliphatic carbocycles. The third-order valence-electron chi connectivity index (χ3n) is 4.58. The van der Waals surface area contributed by atoms with Gasteiger partial charge in [0.05, 0.1) is 11.2 Å². The van der Waals surface area contributed by atoms with Crippen LogP contribution >= 0.6 is 15.9 Å². The summed E-state index contributed by atoms with van der Waals surface area (Å²) < 4.78 is 29.5. The van der Waals surface area contributed by atoms with E-state index in [1.807, 2.05) is 17.6 Å². The van der Waals surface area contributed by atoms with E-state index in [1.54, 1.807) is 6.07 Å². The van der Waals surface area contributed by atoms with Crippen molar-refractivity contribution in [2.75, 3.05) is 5.32 Å². The molecule has 0 spiro atoms. The fourth-order valence-electron chi connectivity index (χ4n) is 3.40. The molecule has 1 aromatic heterocycles. The van der Waals surface area contributed by atoms with Crippen LogP contribution in [0.1, 0.15) is 28.9 Å². The van der Waals surface area contributed by atoms with Crippen LogP contribution in [-0.4, -0.2) is 10.5 Å². The van der Waals surface area contributed by atoms with Crippen LogP contribution in [0.25, 0.3) is 10.9 Å². The predicted octanol–water partition coefficient (Wildman–Crippen LogP) is 4.41. The summed E-state index contributed by atoms with van der Waals surface area (Å²) in [4.78, 5) is 25.4. The van der Waals surface area contributed by atoms with E-state index in [9.17, 15) is 18.4 Å². The highest BCUT2D eigenvalue weighted by molar-refractivity contribution is 9.10. The largest absolute Gasteiger partial charge is 0.343 e. The van der Waals surface area contributed by atoms with E-state index >= 15 is 0 Å². The Balaban J connectivity index is 1.84. The molecule has 7 heteroatoms. The topological polar surface area (TPSA) is 51.1 Å². The molecule has 4 nitrogen and oxygen atoms in total. The molecule has 1 aliphatic heterocycles. The first-order valence-electron chi connectivity index (χ1n) is 7.99. The van der Waals surface area contributed by atoms with Crippen LogP contribution < -0.4 is 10.7 Å². The molecule has 0 radical (unpaired) electrons. The molecule has 132 valence electrons. The first kappa shape index (κ1) is 16.9. The number of nitrogens with zero attached hydrogens (tertiary/aromatic N) is 1. The summed E-state index contributed by atoms with van der Waals surface area (Å²) in [6, 6.07) is 6.58. The Morgan fingerprint density at radius 1 is 1.27 bits per heavy atom. The molecule has 0 saturated heterocycles. The van der Waals surface area contributed by atoms with Crippen molar-refractivity contribution in [3.8, 4) is 0 Å². The first-order valence-corrected chi connectivity index (χ1v) is 8.78. The average molecular weight is 419 g/mol. The smallest absolute Gasteiger partial charge is 0.261 e. The highest BCUT2D eigenvalue weighted by Crippen LogP contribution is 2.33. The zero-order chi connectivity index (χ0) is 18.6. The van der Waals surface area contributed by atoms with Gasteiger partial charge < -0.3 is 9.88 Å². The molecule has 2 aromatic carbocycles. The Hall–Kier alpha value is -2.54. The van der Waals surface area contributed by atoms with Crippen molar-refractivity contribution in [2.24, 2.45) is 0 Å².